The van der Waals surface area contributed by atoms with Crippen LogP contribution in [0.4, 0.5) is 5.95 Å². The van der Waals surface area contributed by atoms with Crippen molar-refractivity contribution in [3.8, 4) is 0 Å². The monoisotopic (exact) mass is 286 g/mol. The van der Waals surface area contributed by atoms with E-state index in [1.165, 1.54) is 24.3 Å². The largest absolute Gasteiger partial charge is 0.375 e. The Hall–Kier alpha value is -0.400. The summed E-state index contributed by atoms with van der Waals surface area (Å²) in [5, 5.41) is 8.11. The van der Waals surface area contributed by atoms with Crippen LogP contribution in [0.2, 0.25) is 0 Å². The average molecular weight is 286 g/mol. The Morgan fingerprint density at radius 1 is 1.44 bits per heavy atom. The Morgan fingerprint density at radius 2 is 2.28 bits per heavy atom. The predicted octanol–water partition coefficient (Wildman–Crippen LogP) is 1.92. The van der Waals surface area contributed by atoms with E-state index < -0.39 is 0 Å². The molecule has 2 saturated heterocycles. The molecule has 3 N–H and O–H groups in total. The van der Waals surface area contributed by atoms with Gasteiger partial charge in [-0.2, -0.15) is 16.7 Å². The smallest absolute Gasteiger partial charge is 0.216 e. The van der Waals surface area contributed by atoms with Crippen molar-refractivity contribution in [2.24, 2.45) is 0 Å². The minimum Gasteiger partial charge on any atom is -0.375 e. The second-order valence-corrected chi connectivity index (χ2v) is 7.37. The zero-order chi connectivity index (χ0) is 12.4. The molecule has 0 amide bonds. The van der Waals surface area contributed by atoms with Crippen LogP contribution < -0.4 is 5.73 Å². The number of hydrogen-bond donors (Lipinski definition) is 2. The molecule has 1 aromatic rings. The molecule has 1 unspecified atom stereocenters. The lowest BCUT2D eigenvalue weighted by Crippen LogP contribution is -2.43. The van der Waals surface area contributed by atoms with Gasteiger partial charge in [-0.05, 0) is 37.2 Å². The Morgan fingerprint density at radius 3 is 3.00 bits per heavy atom. The first-order valence-electron chi connectivity index (χ1n) is 6.32. The van der Waals surface area contributed by atoms with Crippen LogP contribution in [-0.2, 0) is 4.74 Å². The third kappa shape index (κ3) is 2.78. The van der Waals surface area contributed by atoms with E-state index >= 15 is 0 Å². The second-order valence-electron chi connectivity index (χ2n) is 4.88. The molecule has 2 aliphatic heterocycles. The highest BCUT2D eigenvalue weighted by Gasteiger charge is 2.39. The van der Waals surface area contributed by atoms with E-state index in [0.717, 1.165) is 24.6 Å². The Bertz CT molecular complexity index is 400. The fourth-order valence-corrected chi connectivity index (χ4v) is 5.02. The van der Waals surface area contributed by atoms with Gasteiger partial charge in [0.05, 0.1) is 5.60 Å². The molecule has 0 aliphatic carbocycles. The summed E-state index contributed by atoms with van der Waals surface area (Å²) in [5.41, 5.74) is 5.68. The van der Waals surface area contributed by atoms with Crippen LogP contribution in [-0.4, -0.2) is 44.1 Å². The second kappa shape index (κ2) is 5.30. The molecule has 1 spiro atoms. The predicted molar refractivity (Wildman–Crippen MR) is 74.9 cm³/mol. The first-order chi connectivity index (χ1) is 8.76. The number of aromatic nitrogens is 3. The maximum atomic E-state index is 6.08. The Kier molecular flexibility index (Phi) is 3.72. The number of nitrogen functional groups attached to an aromatic ring is 1. The number of anilines is 1. The normalized spacial score (nSPS) is 27.4. The molecule has 2 fully saturated rings. The molecule has 7 heteroatoms. The molecular formula is C11H18N4OS2. The maximum Gasteiger partial charge on any atom is 0.216 e. The van der Waals surface area contributed by atoms with Crippen molar-refractivity contribution in [1.82, 2.24) is 15.2 Å². The quantitative estimate of drug-likeness (QED) is 0.865. The molecule has 18 heavy (non-hydrogen) atoms. The number of aromatic amines is 1. The number of ether oxygens (including phenoxy) is 1. The van der Waals surface area contributed by atoms with Gasteiger partial charge < -0.3 is 10.5 Å². The van der Waals surface area contributed by atoms with Gasteiger partial charge in [0, 0.05) is 11.9 Å². The first kappa shape index (κ1) is 12.6. The summed E-state index contributed by atoms with van der Waals surface area (Å²) in [4.78, 5) is 4.17. The van der Waals surface area contributed by atoms with E-state index in [2.05, 4.69) is 15.2 Å². The van der Waals surface area contributed by atoms with Gasteiger partial charge in [0.25, 0.3) is 0 Å². The lowest BCUT2D eigenvalue weighted by Gasteiger charge is -2.42. The summed E-state index contributed by atoms with van der Waals surface area (Å²) < 4.78 is 6.08. The number of nitrogens with zero attached hydrogens (tertiary/aromatic N) is 2. The van der Waals surface area contributed by atoms with Crippen LogP contribution in [0.1, 0.15) is 25.7 Å². The van der Waals surface area contributed by atoms with Crippen molar-refractivity contribution < 1.29 is 4.74 Å². The number of H-pyrrole nitrogens is 1. The van der Waals surface area contributed by atoms with E-state index in [-0.39, 0.29) is 5.60 Å². The van der Waals surface area contributed by atoms with Crippen LogP contribution in [0.15, 0.2) is 5.16 Å². The third-order valence-corrected chi connectivity index (χ3v) is 5.72. The lowest BCUT2D eigenvalue weighted by molar-refractivity contribution is -0.0805. The Labute approximate surface area is 115 Å². The fraction of sp³-hybridized carbons (Fsp3) is 0.818. The fourth-order valence-electron chi connectivity index (χ4n) is 2.64. The van der Waals surface area contributed by atoms with E-state index in [0.29, 0.717) is 11.2 Å². The third-order valence-electron chi connectivity index (χ3n) is 3.61. The standard InChI is InChI=1S/C11H18N4OS2/c12-9-13-10(15-14-9)18-8-1-4-16-11(7-8)2-5-17-6-3-11/h8H,1-7H2,(H3,12,13,14,15). The highest BCUT2D eigenvalue weighted by Crippen LogP contribution is 2.41. The Balaban J connectivity index is 1.63. The molecule has 0 radical (unpaired) electrons. The first-order valence-corrected chi connectivity index (χ1v) is 8.35. The van der Waals surface area contributed by atoms with Crippen LogP contribution in [0.5, 0.6) is 0 Å². The zero-order valence-electron chi connectivity index (χ0n) is 10.2. The highest BCUT2D eigenvalue weighted by molar-refractivity contribution is 7.99. The summed E-state index contributed by atoms with van der Waals surface area (Å²) in [6.45, 7) is 0.863. The van der Waals surface area contributed by atoms with E-state index in [4.69, 9.17) is 10.5 Å². The summed E-state index contributed by atoms with van der Waals surface area (Å²) >= 11 is 3.77. The molecule has 3 heterocycles. The van der Waals surface area contributed by atoms with Crippen LogP contribution in [0.3, 0.4) is 0 Å². The number of nitrogens with two attached hydrogens (primary N) is 1. The molecule has 0 saturated carbocycles. The lowest BCUT2D eigenvalue weighted by atomic mass is 9.88. The van der Waals surface area contributed by atoms with Crippen LogP contribution in [0.25, 0.3) is 0 Å². The molecule has 0 aromatic carbocycles. The minimum atomic E-state index is 0.128. The van der Waals surface area contributed by atoms with Gasteiger partial charge in [0.1, 0.15) is 0 Å². The van der Waals surface area contributed by atoms with Gasteiger partial charge in [0.2, 0.25) is 11.1 Å². The van der Waals surface area contributed by atoms with Crippen molar-refractivity contribution in [3.05, 3.63) is 0 Å². The molecule has 0 bridgehead atoms. The molecule has 2 aliphatic rings. The summed E-state index contributed by atoms with van der Waals surface area (Å²) in [6.07, 6.45) is 4.57. The molecule has 5 nitrogen and oxygen atoms in total. The van der Waals surface area contributed by atoms with Crippen molar-refractivity contribution in [2.45, 2.75) is 41.7 Å². The maximum absolute atomic E-state index is 6.08. The SMILES string of the molecule is Nc1nc(SC2CCOC3(CCSCC3)C2)n[nH]1. The van der Waals surface area contributed by atoms with Crippen molar-refractivity contribution in [2.75, 3.05) is 23.8 Å². The van der Waals surface area contributed by atoms with Gasteiger partial charge in [-0.1, -0.05) is 11.8 Å². The topological polar surface area (TPSA) is 76.8 Å². The molecule has 3 rings (SSSR count). The molecule has 1 atom stereocenters. The van der Waals surface area contributed by atoms with Crippen molar-refractivity contribution in [3.63, 3.8) is 0 Å². The molecule has 100 valence electrons. The van der Waals surface area contributed by atoms with Gasteiger partial charge in [-0.15, -0.1) is 5.10 Å². The number of rotatable bonds is 2. The molecule has 1 aromatic heterocycles. The van der Waals surface area contributed by atoms with Crippen molar-refractivity contribution in [1.29, 1.82) is 0 Å². The molecular weight excluding hydrogens is 268 g/mol. The number of nitrogens with one attached hydrogen (secondary N) is 1. The zero-order valence-corrected chi connectivity index (χ0v) is 11.9. The number of thioether (sulfide) groups is 2. The van der Waals surface area contributed by atoms with Gasteiger partial charge in [-0.25, -0.2) is 5.10 Å². The van der Waals surface area contributed by atoms with Crippen LogP contribution in [0, 0.1) is 0 Å². The summed E-state index contributed by atoms with van der Waals surface area (Å²) in [5.74, 6) is 2.85. The van der Waals surface area contributed by atoms with Gasteiger partial charge in [-0.3, -0.25) is 0 Å². The van der Waals surface area contributed by atoms with Gasteiger partial charge >= 0.3 is 0 Å². The summed E-state index contributed by atoms with van der Waals surface area (Å²) in [7, 11) is 0. The number of hydrogen-bond acceptors (Lipinski definition) is 6. The van der Waals surface area contributed by atoms with E-state index in [1.807, 2.05) is 11.8 Å². The highest BCUT2D eigenvalue weighted by atomic mass is 32.2. The van der Waals surface area contributed by atoms with E-state index in [9.17, 15) is 0 Å². The van der Waals surface area contributed by atoms with E-state index in [1.54, 1.807) is 11.8 Å². The average Bonchev–Trinajstić information content (AvgIpc) is 2.76. The minimum absolute atomic E-state index is 0.128. The summed E-state index contributed by atoms with van der Waals surface area (Å²) in [6, 6.07) is 0. The van der Waals surface area contributed by atoms with Gasteiger partial charge in [0.15, 0.2) is 0 Å². The van der Waals surface area contributed by atoms with Crippen molar-refractivity contribution >= 4 is 29.5 Å². The van der Waals surface area contributed by atoms with Crippen LogP contribution >= 0.6 is 23.5 Å².